The molecule has 4 N–H and O–H groups in total. The molecule has 0 spiro atoms. The molecule has 0 radical (unpaired) electrons. The van der Waals surface area contributed by atoms with E-state index in [1.54, 1.807) is 6.92 Å². The van der Waals surface area contributed by atoms with Crippen LogP contribution in [0.15, 0.2) is 0 Å². The van der Waals surface area contributed by atoms with Gasteiger partial charge in [-0.1, -0.05) is 20.8 Å². The average Bonchev–Trinajstić information content (AvgIpc) is 2.23. The summed E-state index contributed by atoms with van der Waals surface area (Å²) < 4.78 is 0. The first kappa shape index (κ1) is 16.9. The van der Waals surface area contributed by atoms with Crippen molar-refractivity contribution in [1.29, 1.82) is 0 Å². The maximum atomic E-state index is 11.8. The van der Waals surface area contributed by atoms with Crippen LogP contribution in [-0.2, 0) is 9.59 Å². The number of carbonyl (C=O) groups excluding carboxylic acids is 1. The highest BCUT2D eigenvalue weighted by molar-refractivity contribution is 5.85. The van der Waals surface area contributed by atoms with Crippen LogP contribution in [0.5, 0.6) is 0 Å². The molecule has 0 aliphatic rings. The van der Waals surface area contributed by atoms with Crippen LogP contribution >= 0.6 is 0 Å². The third kappa shape index (κ3) is 6.59. The number of hydrogen-bond acceptors (Lipinski definition) is 3. The van der Waals surface area contributed by atoms with E-state index in [9.17, 15) is 9.59 Å². The number of carbonyl (C=O) groups is 2. The number of hydrogen-bond donors (Lipinski definition) is 3. The third-order valence-electron chi connectivity index (χ3n) is 3.07. The van der Waals surface area contributed by atoms with E-state index in [2.05, 4.69) is 5.32 Å². The lowest BCUT2D eigenvalue weighted by atomic mass is 9.93. The van der Waals surface area contributed by atoms with Crippen molar-refractivity contribution in [2.45, 2.75) is 52.5 Å². The fourth-order valence-electron chi connectivity index (χ4n) is 1.75. The Bertz CT molecular complexity index is 288. The summed E-state index contributed by atoms with van der Waals surface area (Å²) in [6.45, 7) is 7.97. The molecule has 0 aliphatic carbocycles. The number of nitrogens with two attached hydrogens (primary N) is 1. The molecule has 0 aromatic rings. The van der Waals surface area contributed by atoms with Crippen molar-refractivity contribution >= 4 is 11.9 Å². The summed E-state index contributed by atoms with van der Waals surface area (Å²) in [6, 6.07) is 0. The predicted molar refractivity (Wildman–Crippen MR) is 71.1 cm³/mol. The van der Waals surface area contributed by atoms with E-state index < -0.39 is 11.5 Å². The first-order chi connectivity index (χ1) is 8.19. The van der Waals surface area contributed by atoms with Crippen LogP contribution < -0.4 is 11.1 Å². The summed E-state index contributed by atoms with van der Waals surface area (Å²) in [6.07, 6.45) is 1.40. The van der Waals surface area contributed by atoms with Crippen LogP contribution in [0.1, 0.15) is 47.0 Å². The highest BCUT2D eigenvalue weighted by Crippen LogP contribution is 2.15. The zero-order valence-electron chi connectivity index (χ0n) is 11.8. The van der Waals surface area contributed by atoms with Crippen molar-refractivity contribution in [3.63, 3.8) is 0 Å². The fourth-order valence-corrected chi connectivity index (χ4v) is 1.75. The quantitative estimate of drug-likeness (QED) is 0.613. The van der Waals surface area contributed by atoms with E-state index >= 15 is 0 Å². The molecule has 0 saturated carbocycles. The van der Waals surface area contributed by atoms with Crippen LogP contribution in [0, 0.1) is 11.8 Å². The van der Waals surface area contributed by atoms with E-state index in [0.29, 0.717) is 18.9 Å². The van der Waals surface area contributed by atoms with Gasteiger partial charge in [-0.3, -0.25) is 9.59 Å². The lowest BCUT2D eigenvalue weighted by Crippen LogP contribution is -2.52. The molecule has 0 aromatic heterocycles. The largest absolute Gasteiger partial charge is 0.481 e. The van der Waals surface area contributed by atoms with Gasteiger partial charge in [0.1, 0.15) is 0 Å². The van der Waals surface area contributed by atoms with Gasteiger partial charge in [0.15, 0.2) is 0 Å². The van der Waals surface area contributed by atoms with Crippen LogP contribution in [0.3, 0.4) is 0 Å². The third-order valence-corrected chi connectivity index (χ3v) is 3.07. The number of carboxylic acid groups (broad SMARTS) is 1. The molecular weight excluding hydrogens is 232 g/mol. The summed E-state index contributed by atoms with van der Waals surface area (Å²) in [5.74, 6) is -0.689. The zero-order chi connectivity index (χ0) is 14.3. The van der Waals surface area contributed by atoms with E-state index in [-0.39, 0.29) is 18.2 Å². The molecule has 2 atom stereocenters. The Morgan fingerprint density at radius 3 is 2.33 bits per heavy atom. The number of nitrogens with one attached hydrogen (secondary N) is 1. The van der Waals surface area contributed by atoms with Gasteiger partial charge in [-0.2, -0.15) is 0 Å². The lowest BCUT2D eigenvalue weighted by molar-refractivity contribution is -0.138. The molecule has 2 unspecified atom stereocenters. The highest BCUT2D eigenvalue weighted by Gasteiger charge is 2.26. The van der Waals surface area contributed by atoms with Crippen LogP contribution in [0.25, 0.3) is 0 Å². The number of amides is 1. The van der Waals surface area contributed by atoms with Gasteiger partial charge < -0.3 is 16.2 Å². The molecule has 0 aromatic carbocycles. The Hall–Kier alpha value is -1.10. The Labute approximate surface area is 109 Å². The molecule has 0 fully saturated rings. The van der Waals surface area contributed by atoms with Gasteiger partial charge in [-0.25, -0.2) is 0 Å². The number of carboxylic acids is 1. The molecule has 0 aliphatic heterocycles. The van der Waals surface area contributed by atoms with Crippen LogP contribution in [0.4, 0.5) is 0 Å². The van der Waals surface area contributed by atoms with Gasteiger partial charge in [0, 0.05) is 13.0 Å². The summed E-state index contributed by atoms with van der Waals surface area (Å²) in [5, 5.41) is 11.6. The molecule has 106 valence electrons. The van der Waals surface area contributed by atoms with E-state index in [1.807, 2.05) is 20.8 Å². The number of rotatable bonds is 8. The molecule has 1 amide bonds. The normalized spacial score (nSPS) is 16.1. The van der Waals surface area contributed by atoms with E-state index in [0.717, 1.165) is 6.42 Å². The second-order valence-corrected chi connectivity index (χ2v) is 5.57. The summed E-state index contributed by atoms with van der Waals surface area (Å²) in [7, 11) is 0. The van der Waals surface area contributed by atoms with Crippen molar-refractivity contribution in [1.82, 2.24) is 5.32 Å². The lowest BCUT2D eigenvalue weighted by Gasteiger charge is -2.24. The minimum Gasteiger partial charge on any atom is -0.481 e. The standard InChI is InChI=1S/C13H26N2O3/c1-5-13(4,14)12(18)15-8-10(6-9(2)3)7-11(16)17/h9-10H,5-8,14H2,1-4H3,(H,15,18)(H,16,17). The van der Waals surface area contributed by atoms with Crippen molar-refractivity contribution in [2.75, 3.05) is 6.54 Å². The van der Waals surface area contributed by atoms with Gasteiger partial charge in [-0.15, -0.1) is 0 Å². The maximum absolute atomic E-state index is 11.8. The topological polar surface area (TPSA) is 92.4 Å². The highest BCUT2D eigenvalue weighted by atomic mass is 16.4. The molecule has 18 heavy (non-hydrogen) atoms. The minimum atomic E-state index is -0.883. The van der Waals surface area contributed by atoms with Gasteiger partial charge in [0.25, 0.3) is 0 Å². The van der Waals surface area contributed by atoms with E-state index in [1.165, 1.54) is 0 Å². The Morgan fingerprint density at radius 1 is 1.39 bits per heavy atom. The van der Waals surface area contributed by atoms with Crippen LogP contribution in [-0.4, -0.2) is 29.1 Å². The molecule has 5 heteroatoms. The molecule has 5 nitrogen and oxygen atoms in total. The summed E-state index contributed by atoms with van der Waals surface area (Å²) >= 11 is 0. The van der Waals surface area contributed by atoms with Gasteiger partial charge >= 0.3 is 5.97 Å². The molecular formula is C13H26N2O3. The summed E-state index contributed by atoms with van der Waals surface area (Å²) in [5.41, 5.74) is 4.94. The minimum absolute atomic E-state index is 0.0425. The van der Waals surface area contributed by atoms with E-state index in [4.69, 9.17) is 10.8 Å². The predicted octanol–water partition coefficient (Wildman–Crippen LogP) is 1.37. The van der Waals surface area contributed by atoms with Crippen molar-refractivity contribution in [2.24, 2.45) is 17.6 Å². The smallest absolute Gasteiger partial charge is 0.303 e. The molecule has 0 rings (SSSR count). The Kier molecular flexibility index (Phi) is 6.91. The second kappa shape index (κ2) is 7.36. The van der Waals surface area contributed by atoms with Gasteiger partial charge in [0.05, 0.1) is 5.54 Å². The first-order valence-electron chi connectivity index (χ1n) is 6.48. The maximum Gasteiger partial charge on any atom is 0.303 e. The van der Waals surface area contributed by atoms with Crippen molar-refractivity contribution in [3.8, 4) is 0 Å². The van der Waals surface area contributed by atoms with Gasteiger partial charge in [-0.05, 0) is 31.6 Å². The monoisotopic (exact) mass is 258 g/mol. The second-order valence-electron chi connectivity index (χ2n) is 5.57. The average molecular weight is 258 g/mol. The Morgan fingerprint density at radius 2 is 1.94 bits per heavy atom. The van der Waals surface area contributed by atoms with Gasteiger partial charge in [0.2, 0.25) is 5.91 Å². The fraction of sp³-hybridized carbons (Fsp3) is 0.846. The Balaban J connectivity index is 4.34. The summed E-state index contributed by atoms with van der Waals surface area (Å²) in [4.78, 5) is 22.5. The molecule has 0 bridgehead atoms. The van der Waals surface area contributed by atoms with Crippen LogP contribution in [0.2, 0.25) is 0 Å². The SMILES string of the molecule is CCC(C)(N)C(=O)NCC(CC(=O)O)CC(C)C. The molecule has 0 heterocycles. The first-order valence-corrected chi connectivity index (χ1v) is 6.48. The zero-order valence-corrected chi connectivity index (χ0v) is 11.8. The molecule has 0 saturated heterocycles. The number of aliphatic carboxylic acids is 1. The van der Waals surface area contributed by atoms with Crippen molar-refractivity contribution < 1.29 is 14.7 Å². The van der Waals surface area contributed by atoms with Crippen molar-refractivity contribution in [3.05, 3.63) is 0 Å².